The summed E-state index contributed by atoms with van der Waals surface area (Å²) in [6.45, 7) is 4.24. The second-order valence-corrected chi connectivity index (χ2v) is 12.6. The van der Waals surface area contributed by atoms with Gasteiger partial charge in [0.25, 0.3) is 12.0 Å². The molecule has 1 saturated heterocycles. The minimum atomic E-state index is -4.35. The number of halogens is 5. The van der Waals surface area contributed by atoms with E-state index in [1.165, 1.54) is 29.0 Å². The van der Waals surface area contributed by atoms with Crippen molar-refractivity contribution in [3.63, 3.8) is 0 Å². The molecule has 15 heteroatoms. The smallest absolute Gasteiger partial charge is 0.263 e. The van der Waals surface area contributed by atoms with E-state index in [-0.39, 0.29) is 52.9 Å². The van der Waals surface area contributed by atoms with Crippen molar-refractivity contribution < 1.29 is 30.4 Å². The number of hydrogen-bond donors (Lipinski definition) is 3. The summed E-state index contributed by atoms with van der Waals surface area (Å²) in [6, 6.07) is 6.89. The number of fused-ring (bicyclic) bond motifs is 1. The van der Waals surface area contributed by atoms with Gasteiger partial charge in [-0.05, 0) is 43.2 Å². The summed E-state index contributed by atoms with van der Waals surface area (Å²) in [5.41, 5.74) is -1.66. The van der Waals surface area contributed by atoms with Crippen LogP contribution in [0.1, 0.15) is 43.9 Å². The summed E-state index contributed by atoms with van der Waals surface area (Å²) in [4.78, 5) is 22.3. The highest BCUT2D eigenvalue weighted by Crippen LogP contribution is 2.30. The van der Waals surface area contributed by atoms with Crippen molar-refractivity contribution in [2.75, 3.05) is 23.1 Å². The van der Waals surface area contributed by atoms with Crippen molar-refractivity contribution in [2.24, 2.45) is 0 Å². The lowest BCUT2D eigenvalue weighted by Crippen LogP contribution is -2.44. The molecule has 0 unspecified atom stereocenters. The summed E-state index contributed by atoms with van der Waals surface area (Å²) in [7, 11) is -4.35. The van der Waals surface area contributed by atoms with Crippen LogP contribution < -0.4 is 20.9 Å². The fourth-order valence-electron chi connectivity index (χ4n) is 5.05. The first kappa shape index (κ1) is 31.3. The van der Waals surface area contributed by atoms with E-state index >= 15 is 8.78 Å². The van der Waals surface area contributed by atoms with Gasteiger partial charge in [-0.2, -0.15) is 4.98 Å². The molecular formula is C29H29F5N6O3S. The Kier molecular flexibility index (Phi) is 8.88. The minimum Gasteiger partial charge on any atom is -0.350 e. The van der Waals surface area contributed by atoms with E-state index in [2.05, 4.69) is 20.6 Å². The van der Waals surface area contributed by atoms with Crippen molar-refractivity contribution in [2.45, 2.75) is 50.7 Å². The number of aromatic nitrogens is 3. The van der Waals surface area contributed by atoms with Crippen LogP contribution in [0.5, 0.6) is 0 Å². The quantitative estimate of drug-likeness (QED) is 0.213. The standard InChI is InChI=1S/C29H29F5N6O3S/c1-15(2)40-27-19(11-36-29(38-27)37-21-10-20(30)12-35-13-21)7-22(28(40)41)18-8-23(31)25(24(32)9-18)39-44(42,43)14-16-3-5-17(6-4-16)26(33)34/h3-9,11,15,20-21,26,35,39H,10,12-14H2,1-2H3,(H,36,37,38)/t20-,21-/m0/s1. The van der Waals surface area contributed by atoms with Crippen LogP contribution in [0.2, 0.25) is 0 Å². The molecule has 3 N–H and O–H groups in total. The van der Waals surface area contributed by atoms with Crippen LogP contribution in [0.15, 0.2) is 53.5 Å². The summed E-state index contributed by atoms with van der Waals surface area (Å²) in [5, 5.41) is 6.44. The molecule has 3 heterocycles. The summed E-state index contributed by atoms with van der Waals surface area (Å²) >= 11 is 0. The molecule has 0 bridgehead atoms. The number of anilines is 2. The van der Waals surface area contributed by atoms with E-state index in [4.69, 9.17) is 0 Å². The van der Waals surface area contributed by atoms with E-state index in [9.17, 15) is 26.4 Å². The molecule has 1 fully saturated rings. The number of rotatable bonds is 9. The Hall–Kier alpha value is -4.11. The molecular weight excluding hydrogens is 607 g/mol. The fraction of sp³-hybridized carbons (Fsp3) is 0.345. The zero-order chi connectivity index (χ0) is 31.8. The van der Waals surface area contributed by atoms with Gasteiger partial charge in [-0.25, -0.2) is 35.4 Å². The van der Waals surface area contributed by atoms with Gasteiger partial charge in [-0.15, -0.1) is 0 Å². The molecule has 0 saturated carbocycles. The van der Waals surface area contributed by atoms with E-state index in [1.807, 2.05) is 4.72 Å². The lowest BCUT2D eigenvalue weighted by Gasteiger charge is -2.26. The van der Waals surface area contributed by atoms with Gasteiger partial charge in [-0.3, -0.25) is 14.1 Å². The molecule has 234 valence electrons. The van der Waals surface area contributed by atoms with Crippen LogP contribution in [0, 0.1) is 11.6 Å². The molecule has 9 nitrogen and oxygen atoms in total. The Morgan fingerprint density at radius 3 is 2.36 bits per heavy atom. The molecule has 44 heavy (non-hydrogen) atoms. The average Bonchev–Trinajstić information content (AvgIpc) is 2.94. The number of alkyl halides is 3. The summed E-state index contributed by atoms with van der Waals surface area (Å²) in [5.74, 6) is -3.06. The maximum Gasteiger partial charge on any atom is 0.263 e. The molecule has 4 aromatic rings. The molecule has 2 aromatic heterocycles. The predicted molar refractivity (Wildman–Crippen MR) is 157 cm³/mol. The molecule has 0 spiro atoms. The van der Waals surface area contributed by atoms with Crippen molar-refractivity contribution in [3.8, 4) is 11.1 Å². The monoisotopic (exact) mass is 636 g/mol. The van der Waals surface area contributed by atoms with Gasteiger partial charge < -0.3 is 10.6 Å². The van der Waals surface area contributed by atoms with Crippen LogP contribution in [-0.4, -0.2) is 48.3 Å². The Labute approximate surface area is 249 Å². The second-order valence-electron chi connectivity index (χ2n) is 10.9. The van der Waals surface area contributed by atoms with Gasteiger partial charge >= 0.3 is 0 Å². The van der Waals surface area contributed by atoms with Crippen molar-refractivity contribution in [1.29, 1.82) is 0 Å². The van der Waals surface area contributed by atoms with E-state index in [0.717, 1.165) is 24.3 Å². The normalized spacial score (nSPS) is 17.4. The second kappa shape index (κ2) is 12.5. The summed E-state index contributed by atoms with van der Waals surface area (Å²) < 4.78 is 98.3. The van der Waals surface area contributed by atoms with Gasteiger partial charge in [0, 0.05) is 54.3 Å². The molecule has 1 aliphatic heterocycles. The fourth-order valence-corrected chi connectivity index (χ4v) is 6.26. The highest BCUT2D eigenvalue weighted by atomic mass is 32.2. The maximum atomic E-state index is 15.2. The Morgan fingerprint density at radius 2 is 1.75 bits per heavy atom. The van der Waals surface area contributed by atoms with Gasteiger partial charge in [0.15, 0.2) is 11.6 Å². The van der Waals surface area contributed by atoms with Crippen LogP contribution in [0.25, 0.3) is 22.2 Å². The molecule has 2 aromatic carbocycles. The zero-order valence-corrected chi connectivity index (χ0v) is 24.4. The van der Waals surface area contributed by atoms with E-state index in [0.29, 0.717) is 11.9 Å². The van der Waals surface area contributed by atoms with Crippen LogP contribution >= 0.6 is 0 Å². The first-order chi connectivity index (χ1) is 20.8. The molecule has 0 aliphatic carbocycles. The number of nitrogens with zero attached hydrogens (tertiary/aromatic N) is 3. The zero-order valence-electron chi connectivity index (χ0n) is 23.6. The minimum absolute atomic E-state index is 0.0708. The Morgan fingerprint density at radius 1 is 1.07 bits per heavy atom. The van der Waals surface area contributed by atoms with Gasteiger partial charge in [0.2, 0.25) is 16.0 Å². The lowest BCUT2D eigenvalue weighted by molar-refractivity contribution is 0.151. The van der Waals surface area contributed by atoms with Crippen LogP contribution in [0.4, 0.5) is 33.6 Å². The predicted octanol–water partition coefficient (Wildman–Crippen LogP) is 5.31. The molecule has 2 atom stereocenters. The maximum absolute atomic E-state index is 15.2. The third-order valence-corrected chi connectivity index (χ3v) is 8.35. The number of benzene rings is 2. The van der Waals surface area contributed by atoms with Crippen molar-refractivity contribution in [3.05, 3.63) is 81.8 Å². The first-order valence-electron chi connectivity index (χ1n) is 13.7. The number of pyridine rings is 1. The van der Waals surface area contributed by atoms with Gasteiger partial charge in [-0.1, -0.05) is 24.3 Å². The first-order valence-corrected chi connectivity index (χ1v) is 15.4. The Balaban J connectivity index is 1.45. The average molecular weight is 637 g/mol. The molecule has 5 rings (SSSR count). The van der Waals surface area contributed by atoms with Crippen LogP contribution in [-0.2, 0) is 15.8 Å². The van der Waals surface area contributed by atoms with Crippen molar-refractivity contribution in [1.82, 2.24) is 19.9 Å². The topological polar surface area (TPSA) is 118 Å². The van der Waals surface area contributed by atoms with Crippen molar-refractivity contribution >= 4 is 32.7 Å². The Bertz CT molecular complexity index is 1830. The molecule has 0 amide bonds. The number of nitrogens with one attached hydrogen (secondary N) is 3. The molecule has 1 aliphatic rings. The lowest BCUT2D eigenvalue weighted by atomic mass is 10.0. The number of sulfonamides is 1. The highest BCUT2D eigenvalue weighted by molar-refractivity contribution is 7.91. The molecule has 0 radical (unpaired) electrons. The third kappa shape index (κ3) is 6.83. The van der Waals surface area contributed by atoms with E-state index in [1.54, 1.807) is 13.8 Å². The number of hydrogen-bond acceptors (Lipinski definition) is 7. The van der Waals surface area contributed by atoms with Crippen LogP contribution in [0.3, 0.4) is 0 Å². The summed E-state index contributed by atoms with van der Waals surface area (Å²) in [6.07, 6.45) is -2.04. The highest BCUT2D eigenvalue weighted by Gasteiger charge is 2.24. The largest absolute Gasteiger partial charge is 0.350 e. The third-order valence-electron chi connectivity index (χ3n) is 7.12. The SMILES string of the molecule is CC(C)n1c(=O)c(-c2cc(F)c(NS(=O)(=O)Cc3ccc(C(F)F)cc3)c(F)c2)cc2cnc(N[C@@H]3CNC[C@@H](F)C3)nc21. The van der Waals surface area contributed by atoms with E-state index < -0.39 is 57.3 Å². The van der Waals surface area contributed by atoms with Gasteiger partial charge in [0.05, 0.1) is 5.75 Å². The van der Waals surface area contributed by atoms with Gasteiger partial charge in [0.1, 0.15) is 17.5 Å². The number of piperidine rings is 1.